The van der Waals surface area contributed by atoms with Crippen LogP contribution in [0, 0.1) is 0 Å². The fourth-order valence-corrected chi connectivity index (χ4v) is 5.82. The van der Waals surface area contributed by atoms with E-state index in [1.807, 2.05) is 51.6 Å². The van der Waals surface area contributed by atoms with Gasteiger partial charge in [-0.05, 0) is 70.2 Å². The Morgan fingerprint density at radius 3 is 2.18 bits per heavy atom. The van der Waals surface area contributed by atoms with Crippen molar-refractivity contribution in [2.24, 2.45) is 7.05 Å². The van der Waals surface area contributed by atoms with Crippen molar-refractivity contribution in [1.29, 1.82) is 0 Å². The number of esters is 1. The van der Waals surface area contributed by atoms with Gasteiger partial charge >= 0.3 is 13.6 Å². The third-order valence-electron chi connectivity index (χ3n) is 4.38. The fraction of sp³-hybridized carbons (Fsp3) is 0.333. The number of aryl methyl sites for hydroxylation is 1. The van der Waals surface area contributed by atoms with Crippen LogP contribution in [0.3, 0.4) is 0 Å². The molecule has 0 saturated heterocycles. The minimum atomic E-state index is -3.49. The predicted molar refractivity (Wildman–Crippen MR) is 131 cm³/mol. The van der Waals surface area contributed by atoms with Crippen LogP contribution >= 0.6 is 19.4 Å². The Morgan fingerprint density at radius 2 is 1.65 bits per heavy atom. The number of hydrogen-bond donors (Lipinski definition) is 0. The first-order valence-electron chi connectivity index (χ1n) is 10.7. The van der Waals surface area contributed by atoms with Crippen molar-refractivity contribution in [2.45, 2.75) is 50.0 Å². The molecule has 0 aliphatic rings. The molecule has 182 valence electrons. The summed E-state index contributed by atoms with van der Waals surface area (Å²) in [5.74, 6) is 0.479. The van der Waals surface area contributed by atoms with Crippen LogP contribution in [0.1, 0.15) is 38.1 Å². The maximum absolute atomic E-state index is 13.3. The second-order valence-electron chi connectivity index (χ2n) is 8.01. The normalized spacial score (nSPS) is 11.8. The number of methoxy groups -OCH3 is 1. The Hall–Kier alpha value is -2.58. The van der Waals surface area contributed by atoms with Crippen molar-refractivity contribution >= 4 is 30.6 Å². The maximum atomic E-state index is 13.3. The van der Waals surface area contributed by atoms with Crippen LogP contribution in [0.5, 0.6) is 11.5 Å². The summed E-state index contributed by atoms with van der Waals surface area (Å²) in [7, 11) is -0.264. The van der Waals surface area contributed by atoms with Crippen LogP contribution in [0.4, 0.5) is 0 Å². The number of hydrogen-bond acceptors (Lipinski definition) is 8. The molecule has 0 bridgehead atoms. The minimum absolute atomic E-state index is 0.267. The van der Waals surface area contributed by atoms with E-state index in [-0.39, 0.29) is 12.2 Å². The molecular weight excluding hydrogens is 475 g/mol. The first-order chi connectivity index (χ1) is 16.1. The summed E-state index contributed by atoms with van der Waals surface area (Å²) in [6.45, 7) is 7.23. The monoisotopic (exact) mass is 504 g/mol. The first-order valence-corrected chi connectivity index (χ1v) is 13.1. The van der Waals surface area contributed by atoms with Gasteiger partial charge in [0.1, 0.15) is 11.5 Å². The SMILES string of the molecule is COC(=O)c1cc(Oc2ccc(P(=O)(OC(C)C)OC(C)C)cc2)cc(Sc2nccn2C)c1. The third kappa shape index (κ3) is 6.73. The Bertz CT molecular complexity index is 1160. The van der Waals surface area contributed by atoms with Crippen LogP contribution in [0.25, 0.3) is 0 Å². The van der Waals surface area contributed by atoms with E-state index in [0.29, 0.717) is 22.4 Å². The highest BCUT2D eigenvalue weighted by molar-refractivity contribution is 7.99. The lowest BCUT2D eigenvalue weighted by Crippen LogP contribution is -2.16. The molecule has 34 heavy (non-hydrogen) atoms. The van der Waals surface area contributed by atoms with Crippen LogP contribution in [0.2, 0.25) is 0 Å². The lowest BCUT2D eigenvalue weighted by molar-refractivity contribution is 0.0600. The topological polar surface area (TPSA) is 88.9 Å². The number of ether oxygens (including phenoxy) is 2. The van der Waals surface area contributed by atoms with Gasteiger partial charge in [-0.3, -0.25) is 4.57 Å². The smallest absolute Gasteiger partial charge is 0.361 e. The van der Waals surface area contributed by atoms with Crippen molar-refractivity contribution < 1.29 is 27.9 Å². The minimum Gasteiger partial charge on any atom is -0.465 e. The second-order valence-corrected chi connectivity index (χ2v) is 11.0. The van der Waals surface area contributed by atoms with Crippen LogP contribution in [-0.2, 0) is 25.4 Å². The van der Waals surface area contributed by atoms with Crippen molar-refractivity contribution in [1.82, 2.24) is 9.55 Å². The largest absolute Gasteiger partial charge is 0.465 e. The highest BCUT2D eigenvalue weighted by Crippen LogP contribution is 2.49. The number of rotatable bonds is 10. The summed E-state index contributed by atoms with van der Waals surface area (Å²) in [6.07, 6.45) is 3.01. The van der Waals surface area contributed by atoms with Crippen molar-refractivity contribution in [3.63, 3.8) is 0 Å². The molecule has 0 N–H and O–H groups in total. The Kier molecular flexibility index (Phi) is 8.60. The van der Waals surface area contributed by atoms with E-state index < -0.39 is 13.6 Å². The second kappa shape index (κ2) is 11.2. The zero-order valence-electron chi connectivity index (χ0n) is 20.1. The van der Waals surface area contributed by atoms with Crippen LogP contribution in [-0.4, -0.2) is 34.8 Å². The molecular formula is C24H29N2O6PS. The lowest BCUT2D eigenvalue weighted by atomic mass is 10.2. The fourth-order valence-electron chi connectivity index (χ4n) is 3.02. The molecule has 0 atom stereocenters. The van der Waals surface area contributed by atoms with Crippen molar-refractivity contribution in [3.05, 3.63) is 60.4 Å². The van der Waals surface area contributed by atoms with Crippen LogP contribution < -0.4 is 10.0 Å². The quantitative estimate of drug-likeness (QED) is 0.252. The molecule has 0 aliphatic carbocycles. The van der Waals surface area contributed by atoms with Gasteiger partial charge in [-0.1, -0.05) is 11.8 Å². The Labute approximate surface area is 204 Å². The predicted octanol–water partition coefficient (Wildman–Crippen LogP) is 5.82. The molecule has 0 fully saturated rings. The number of aromatic nitrogens is 2. The van der Waals surface area contributed by atoms with Gasteiger partial charge < -0.3 is 23.1 Å². The Morgan fingerprint density at radius 1 is 1.00 bits per heavy atom. The molecule has 10 heteroatoms. The molecule has 0 aliphatic heterocycles. The number of benzene rings is 2. The van der Waals surface area contributed by atoms with Gasteiger partial charge in [0.2, 0.25) is 0 Å². The van der Waals surface area contributed by atoms with Crippen molar-refractivity contribution in [3.8, 4) is 11.5 Å². The Balaban J connectivity index is 1.87. The van der Waals surface area contributed by atoms with E-state index >= 15 is 0 Å². The highest BCUT2D eigenvalue weighted by Gasteiger charge is 2.30. The number of carbonyl (C=O) groups is 1. The van der Waals surface area contributed by atoms with E-state index in [1.54, 1.807) is 42.6 Å². The summed E-state index contributed by atoms with van der Waals surface area (Å²) in [4.78, 5) is 17.3. The molecule has 2 aromatic carbocycles. The van der Waals surface area contributed by atoms with Gasteiger partial charge in [-0.2, -0.15) is 0 Å². The molecule has 0 unspecified atom stereocenters. The lowest BCUT2D eigenvalue weighted by Gasteiger charge is -2.23. The summed E-state index contributed by atoms with van der Waals surface area (Å²) in [5.41, 5.74) is 0.355. The standard InChI is InChI=1S/C24H29N2O6PS/c1-16(2)31-33(28,32-17(3)4)21-9-7-19(8-10-21)30-20-13-18(23(27)29-6)14-22(15-20)34-24-25-11-12-26(24)5/h7-17H,1-6H3. The van der Waals surface area contributed by atoms with Crippen molar-refractivity contribution in [2.75, 3.05) is 7.11 Å². The van der Waals surface area contributed by atoms with E-state index in [1.165, 1.54) is 18.9 Å². The number of imidazole rings is 1. The van der Waals surface area contributed by atoms with Gasteiger partial charge in [0.05, 0.1) is 30.2 Å². The molecule has 3 rings (SSSR count). The van der Waals surface area contributed by atoms with Gasteiger partial charge in [-0.25, -0.2) is 9.78 Å². The summed E-state index contributed by atoms with van der Waals surface area (Å²) >= 11 is 1.40. The number of nitrogens with zero attached hydrogens (tertiary/aromatic N) is 2. The molecule has 0 saturated carbocycles. The van der Waals surface area contributed by atoms with Gasteiger partial charge in [0, 0.05) is 24.3 Å². The summed E-state index contributed by atoms with van der Waals surface area (Å²) in [6, 6.07) is 11.8. The third-order valence-corrected chi connectivity index (χ3v) is 7.75. The maximum Gasteiger partial charge on any atom is 0.361 e. The van der Waals surface area contributed by atoms with Gasteiger partial charge in [-0.15, -0.1) is 0 Å². The molecule has 1 heterocycles. The van der Waals surface area contributed by atoms with E-state index in [9.17, 15) is 9.36 Å². The zero-order valence-corrected chi connectivity index (χ0v) is 21.8. The van der Waals surface area contributed by atoms with E-state index in [0.717, 1.165) is 10.1 Å². The average Bonchev–Trinajstić information content (AvgIpc) is 3.16. The molecule has 0 spiro atoms. The zero-order chi connectivity index (χ0) is 24.9. The van der Waals surface area contributed by atoms with Crippen LogP contribution in [0.15, 0.2) is 64.9 Å². The molecule has 0 radical (unpaired) electrons. The average molecular weight is 505 g/mol. The van der Waals surface area contributed by atoms with E-state index in [4.69, 9.17) is 18.5 Å². The van der Waals surface area contributed by atoms with Gasteiger partial charge in [0.25, 0.3) is 0 Å². The first kappa shape index (κ1) is 26.0. The molecule has 8 nitrogen and oxygen atoms in total. The summed E-state index contributed by atoms with van der Waals surface area (Å²) < 4.78 is 37.4. The number of carbonyl (C=O) groups excluding carboxylic acids is 1. The van der Waals surface area contributed by atoms with Gasteiger partial charge in [0.15, 0.2) is 5.16 Å². The highest BCUT2D eigenvalue weighted by atomic mass is 32.2. The molecule has 0 amide bonds. The van der Waals surface area contributed by atoms with E-state index in [2.05, 4.69) is 4.98 Å². The summed E-state index contributed by atoms with van der Waals surface area (Å²) in [5, 5.41) is 1.21. The molecule has 1 aromatic heterocycles. The molecule has 3 aromatic rings.